The molecular formula is C17H23N3O. The first-order chi connectivity index (χ1) is 10.2. The smallest absolute Gasteiger partial charge is 0.226 e. The third-order valence-electron chi connectivity index (χ3n) is 3.06. The van der Waals surface area contributed by atoms with Crippen molar-refractivity contribution >= 4 is 5.95 Å². The standard InChI is InChI=1S/C17H23N3O/c1-4-10-21-16-12-14(3)19-17(20-16)18-9-8-15-7-5-6-13(2)11-15/h5-7,11-12H,4,8-10H2,1-3H3,(H,18,19,20). The molecule has 2 rings (SSSR count). The van der Waals surface area contributed by atoms with Crippen LogP contribution in [0.15, 0.2) is 30.3 Å². The second-order valence-corrected chi connectivity index (χ2v) is 5.19. The zero-order valence-corrected chi connectivity index (χ0v) is 13.0. The molecule has 0 saturated heterocycles. The normalized spacial score (nSPS) is 10.4. The van der Waals surface area contributed by atoms with Crippen LogP contribution >= 0.6 is 0 Å². The van der Waals surface area contributed by atoms with E-state index in [2.05, 4.69) is 53.4 Å². The van der Waals surface area contributed by atoms with Crippen molar-refractivity contribution in [2.24, 2.45) is 0 Å². The van der Waals surface area contributed by atoms with E-state index in [1.165, 1.54) is 11.1 Å². The Morgan fingerprint density at radius 3 is 2.76 bits per heavy atom. The van der Waals surface area contributed by atoms with Gasteiger partial charge in [0, 0.05) is 18.3 Å². The molecule has 0 aliphatic heterocycles. The number of aryl methyl sites for hydroxylation is 2. The first kappa shape index (κ1) is 15.3. The molecule has 112 valence electrons. The lowest BCUT2D eigenvalue weighted by Gasteiger charge is -2.09. The first-order valence-corrected chi connectivity index (χ1v) is 7.45. The third-order valence-corrected chi connectivity index (χ3v) is 3.06. The van der Waals surface area contributed by atoms with Gasteiger partial charge < -0.3 is 10.1 Å². The van der Waals surface area contributed by atoms with E-state index in [0.29, 0.717) is 18.4 Å². The monoisotopic (exact) mass is 285 g/mol. The van der Waals surface area contributed by atoms with E-state index < -0.39 is 0 Å². The number of benzene rings is 1. The zero-order chi connectivity index (χ0) is 15.1. The fourth-order valence-electron chi connectivity index (χ4n) is 2.09. The van der Waals surface area contributed by atoms with E-state index in [0.717, 1.165) is 25.1 Å². The van der Waals surface area contributed by atoms with Gasteiger partial charge in [-0.1, -0.05) is 36.8 Å². The molecule has 0 unspecified atom stereocenters. The topological polar surface area (TPSA) is 47.0 Å². The van der Waals surface area contributed by atoms with Crippen molar-refractivity contribution < 1.29 is 4.74 Å². The fourth-order valence-corrected chi connectivity index (χ4v) is 2.09. The van der Waals surface area contributed by atoms with Gasteiger partial charge in [0.25, 0.3) is 0 Å². The zero-order valence-electron chi connectivity index (χ0n) is 13.0. The van der Waals surface area contributed by atoms with Gasteiger partial charge in [-0.15, -0.1) is 0 Å². The maximum Gasteiger partial charge on any atom is 0.226 e. The van der Waals surface area contributed by atoms with Crippen molar-refractivity contribution in [2.45, 2.75) is 33.6 Å². The van der Waals surface area contributed by atoms with E-state index in [9.17, 15) is 0 Å². The van der Waals surface area contributed by atoms with Gasteiger partial charge >= 0.3 is 0 Å². The molecule has 0 fully saturated rings. The molecule has 0 aliphatic rings. The van der Waals surface area contributed by atoms with Crippen LogP contribution in [0, 0.1) is 13.8 Å². The molecule has 1 heterocycles. The van der Waals surface area contributed by atoms with Crippen molar-refractivity contribution in [1.29, 1.82) is 0 Å². The summed E-state index contributed by atoms with van der Waals surface area (Å²) in [4.78, 5) is 8.76. The molecule has 21 heavy (non-hydrogen) atoms. The van der Waals surface area contributed by atoms with E-state index in [1.807, 2.05) is 13.0 Å². The maximum absolute atomic E-state index is 5.57. The second kappa shape index (κ2) is 7.62. The van der Waals surface area contributed by atoms with Crippen LogP contribution in [-0.2, 0) is 6.42 Å². The van der Waals surface area contributed by atoms with Crippen LogP contribution in [0.1, 0.15) is 30.2 Å². The number of ether oxygens (including phenoxy) is 1. The fraction of sp³-hybridized carbons (Fsp3) is 0.412. The van der Waals surface area contributed by atoms with Crippen LogP contribution < -0.4 is 10.1 Å². The highest BCUT2D eigenvalue weighted by atomic mass is 16.5. The number of nitrogens with one attached hydrogen (secondary N) is 1. The van der Waals surface area contributed by atoms with Crippen LogP contribution in [0.25, 0.3) is 0 Å². The van der Waals surface area contributed by atoms with Gasteiger partial charge in [0.2, 0.25) is 11.8 Å². The average Bonchev–Trinajstić information content (AvgIpc) is 2.45. The summed E-state index contributed by atoms with van der Waals surface area (Å²) in [6, 6.07) is 10.4. The van der Waals surface area contributed by atoms with Gasteiger partial charge in [-0.25, -0.2) is 4.98 Å². The molecule has 0 saturated carbocycles. The summed E-state index contributed by atoms with van der Waals surface area (Å²) in [5.74, 6) is 1.27. The third kappa shape index (κ3) is 5.06. The number of rotatable bonds is 7. The summed E-state index contributed by atoms with van der Waals surface area (Å²) < 4.78 is 5.57. The summed E-state index contributed by atoms with van der Waals surface area (Å²) in [6.07, 6.45) is 1.92. The first-order valence-electron chi connectivity index (χ1n) is 7.45. The summed E-state index contributed by atoms with van der Waals surface area (Å²) in [5.41, 5.74) is 3.52. The van der Waals surface area contributed by atoms with Crippen molar-refractivity contribution in [1.82, 2.24) is 9.97 Å². The quantitative estimate of drug-likeness (QED) is 0.845. The van der Waals surface area contributed by atoms with Gasteiger partial charge in [0.1, 0.15) is 0 Å². The van der Waals surface area contributed by atoms with Crippen LogP contribution in [-0.4, -0.2) is 23.1 Å². The molecule has 0 atom stereocenters. The van der Waals surface area contributed by atoms with Gasteiger partial charge in [-0.05, 0) is 32.3 Å². The summed E-state index contributed by atoms with van der Waals surface area (Å²) >= 11 is 0. The second-order valence-electron chi connectivity index (χ2n) is 5.19. The van der Waals surface area contributed by atoms with Crippen LogP contribution in [0.5, 0.6) is 5.88 Å². The molecule has 1 aromatic carbocycles. The number of hydrogen-bond acceptors (Lipinski definition) is 4. The maximum atomic E-state index is 5.57. The van der Waals surface area contributed by atoms with Crippen LogP contribution in [0.3, 0.4) is 0 Å². The minimum atomic E-state index is 0.633. The van der Waals surface area contributed by atoms with Crippen molar-refractivity contribution in [3.63, 3.8) is 0 Å². The SMILES string of the molecule is CCCOc1cc(C)nc(NCCc2cccc(C)c2)n1. The minimum absolute atomic E-state index is 0.633. The Morgan fingerprint density at radius 1 is 1.14 bits per heavy atom. The Balaban J connectivity index is 1.91. The molecule has 0 spiro atoms. The van der Waals surface area contributed by atoms with E-state index in [1.54, 1.807) is 0 Å². The van der Waals surface area contributed by atoms with Gasteiger partial charge in [-0.3, -0.25) is 0 Å². The highest BCUT2D eigenvalue weighted by Crippen LogP contribution is 2.12. The Labute approximate surface area is 126 Å². The van der Waals surface area contributed by atoms with Crippen molar-refractivity contribution in [3.8, 4) is 5.88 Å². The van der Waals surface area contributed by atoms with Gasteiger partial charge in [0.15, 0.2) is 0 Å². The van der Waals surface area contributed by atoms with Crippen LogP contribution in [0.2, 0.25) is 0 Å². The molecular weight excluding hydrogens is 262 g/mol. The number of aromatic nitrogens is 2. The molecule has 0 amide bonds. The highest BCUT2D eigenvalue weighted by Gasteiger charge is 2.03. The molecule has 1 N–H and O–H groups in total. The van der Waals surface area contributed by atoms with E-state index >= 15 is 0 Å². The predicted molar refractivity (Wildman–Crippen MR) is 85.9 cm³/mol. The molecule has 4 heteroatoms. The predicted octanol–water partition coefficient (Wildman–Crippen LogP) is 3.54. The summed E-state index contributed by atoms with van der Waals surface area (Å²) in [7, 11) is 0. The Hall–Kier alpha value is -2.10. The molecule has 0 aliphatic carbocycles. The van der Waals surface area contributed by atoms with E-state index in [4.69, 9.17) is 4.74 Å². The molecule has 4 nitrogen and oxygen atoms in total. The number of hydrogen-bond donors (Lipinski definition) is 1. The van der Waals surface area contributed by atoms with E-state index in [-0.39, 0.29) is 0 Å². The van der Waals surface area contributed by atoms with Gasteiger partial charge in [-0.2, -0.15) is 4.98 Å². The minimum Gasteiger partial charge on any atom is -0.478 e. The molecule has 2 aromatic rings. The molecule has 1 aromatic heterocycles. The highest BCUT2D eigenvalue weighted by molar-refractivity contribution is 5.31. The molecule has 0 radical (unpaired) electrons. The van der Waals surface area contributed by atoms with Crippen molar-refractivity contribution in [3.05, 3.63) is 47.2 Å². The summed E-state index contributed by atoms with van der Waals surface area (Å²) in [5, 5.41) is 3.27. The lowest BCUT2D eigenvalue weighted by molar-refractivity contribution is 0.305. The summed E-state index contributed by atoms with van der Waals surface area (Å²) in [6.45, 7) is 7.62. The van der Waals surface area contributed by atoms with Gasteiger partial charge in [0.05, 0.1) is 6.61 Å². The number of anilines is 1. The Morgan fingerprint density at radius 2 is 2.00 bits per heavy atom. The molecule has 0 bridgehead atoms. The lowest BCUT2D eigenvalue weighted by Crippen LogP contribution is -2.09. The number of nitrogens with zero attached hydrogens (tertiary/aromatic N) is 2. The van der Waals surface area contributed by atoms with Crippen LogP contribution in [0.4, 0.5) is 5.95 Å². The van der Waals surface area contributed by atoms with Crippen molar-refractivity contribution in [2.75, 3.05) is 18.5 Å². The lowest BCUT2D eigenvalue weighted by atomic mass is 10.1. The largest absolute Gasteiger partial charge is 0.478 e. The Bertz CT molecular complexity index is 584. The average molecular weight is 285 g/mol. The Kier molecular flexibility index (Phi) is 5.55.